The van der Waals surface area contributed by atoms with Gasteiger partial charge in [0.15, 0.2) is 22.6 Å². The molecular weight excluding hydrogens is 487 g/mol. The Kier molecular flexibility index (Phi) is 5.42. The van der Waals surface area contributed by atoms with Crippen LogP contribution >= 0.6 is 0 Å². The molecule has 0 amide bonds. The second kappa shape index (κ2) is 8.68. The number of nitrogens with one attached hydrogen (secondary N) is 1. The number of hydrogen-bond acceptors (Lipinski definition) is 7. The number of imidazole rings is 2. The molecule has 190 valence electrons. The van der Waals surface area contributed by atoms with Crippen LogP contribution in [0.2, 0.25) is 0 Å². The smallest absolute Gasteiger partial charge is 0.355 e. The number of rotatable bonds is 4. The number of aryl methyl sites for hydroxylation is 1. The summed E-state index contributed by atoms with van der Waals surface area (Å²) in [5.41, 5.74) is 1.87. The summed E-state index contributed by atoms with van der Waals surface area (Å²) in [6.45, 7) is 3.73. The zero-order chi connectivity index (χ0) is 25.7. The van der Waals surface area contributed by atoms with Crippen LogP contribution in [0.3, 0.4) is 0 Å². The van der Waals surface area contributed by atoms with Gasteiger partial charge < -0.3 is 9.47 Å². The van der Waals surface area contributed by atoms with Crippen LogP contribution in [0.15, 0.2) is 47.8 Å². The van der Waals surface area contributed by atoms with Gasteiger partial charge in [-0.15, -0.1) is 0 Å². The molecule has 6 heterocycles. The van der Waals surface area contributed by atoms with Crippen LogP contribution in [-0.2, 0) is 12.7 Å². The summed E-state index contributed by atoms with van der Waals surface area (Å²) >= 11 is 0. The molecule has 0 radical (unpaired) electrons. The van der Waals surface area contributed by atoms with Crippen molar-refractivity contribution in [3.63, 3.8) is 0 Å². The van der Waals surface area contributed by atoms with Crippen LogP contribution in [-0.4, -0.2) is 52.1 Å². The van der Waals surface area contributed by atoms with E-state index in [2.05, 4.69) is 29.8 Å². The molecule has 1 N–H and O–H groups in total. The molecular formula is C24H22F3N9O. The molecule has 13 heteroatoms. The Labute approximate surface area is 207 Å². The standard InChI is InChI=1S/C24H22F3N9O/c1-2-35-20(14-5-6-17(29-12-14)24(25,26)27)32-18-21(30-13-31-22(18)35)34-10-7-15(8-11-34)36-16-4-3-9-28-19(16)33-23(36)37/h3-6,9,12-13,15H,2,7-8,10-11H2,1H3,(H,28,33,37). The highest BCUT2D eigenvalue weighted by Crippen LogP contribution is 2.33. The quantitative estimate of drug-likeness (QED) is 0.392. The topological polar surface area (TPSA) is 110 Å². The molecule has 1 aliphatic rings. The van der Waals surface area contributed by atoms with E-state index < -0.39 is 11.9 Å². The second-order valence-corrected chi connectivity index (χ2v) is 8.87. The van der Waals surface area contributed by atoms with Gasteiger partial charge in [-0.1, -0.05) is 0 Å². The second-order valence-electron chi connectivity index (χ2n) is 8.87. The highest BCUT2D eigenvalue weighted by atomic mass is 19.4. The van der Waals surface area contributed by atoms with Gasteiger partial charge in [-0.25, -0.2) is 24.7 Å². The average Bonchev–Trinajstić information content (AvgIpc) is 3.45. The number of fused-ring (bicyclic) bond motifs is 2. The Hall–Kier alpha value is -4.29. The van der Waals surface area contributed by atoms with Crippen molar-refractivity contribution in [2.45, 2.75) is 38.5 Å². The zero-order valence-corrected chi connectivity index (χ0v) is 19.8. The minimum atomic E-state index is -4.51. The Morgan fingerprint density at radius 3 is 2.59 bits per heavy atom. The zero-order valence-electron chi connectivity index (χ0n) is 19.8. The maximum atomic E-state index is 13.0. The van der Waals surface area contributed by atoms with Gasteiger partial charge in [0.1, 0.15) is 17.8 Å². The van der Waals surface area contributed by atoms with Gasteiger partial charge in [-0.2, -0.15) is 13.2 Å². The number of pyridine rings is 2. The molecule has 1 fully saturated rings. The molecule has 0 saturated carbocycles. The van der Waals surface area contributed by atoms with Gasteiger partial charge in [0.05, 0.1) is 5.52 Å². The Morgan fingerprint density at radius 2 is 1.89 bits per heavy atom. The van der Waals surface area contributed by atoms with Crippen molar-refractivity contribution in [3.05, 3.63) is 59.2 Å². The Morgan fingerprint density at radius 1 is 1.08 bits per heavy atom. The minimum Gasteiger partial charge on any atom is -0.355 e. The van der Waals surface area contributed by atoms with E-state index in [9.17, 15) is 18.0 Å². The first-order chi connectivity index (χ1) is 17.8. The molecule has 0 spiro atoms. The number of alkyl halides is 3. The van der Waals surface area contributed by atoms with E-state index in [1.165, 1.54) is 18.6 Å². The Bertz CT molecular complexity index is 1640. The monoisotopic (exact) mass is 509 g/mol. The molecule has 1 aliphatic heterocycles. The van der Waals surface area contributed by atoms with Crippen LogP contribution in [0.25, 0.3) is 33.7 Å². The van der Waals surface area contributed by atoms with E-state index in [0.717, 1.165) is 24.4 Å². The van der Waals surface area contributed by atoms with Crippen molar-refractivity contribution in [2.75, 3.05) is 18.0 Å². The van der Waals surface area contributed by atoms with E-state index >= 15 is 0 Å². The van der Waals surface area contributed by atoms with Gasteiger partial charge in [0.25, 0.3) is 0 Å². The Balaban J connectivity index is 1.31. The summed E-state index contributed by atoms with van der Waals surface area (Å²) in [5.74, 6) is 1.14. The van der Waals surface area contributed by atoms with Gasteiger partial charge in [-0.05, 0) is 44.0 Å². The first kappa shape index (κ1) is 23.1. The largest absolute Gasteiger partial charge is 0.433 e. The average molecular weight is 509 g/mol. The number of hydrogen-bond donors (Lipinski definition) is 1. The minimum absolute atomic E-state index is 0.0148. The van der Waals surface area contributed by atoms with Crippen LogP contribution in [0.5, 0.6) is 0 Å². The molecule has 6 rings (SSSR count). The predicted octanol–water partition coefficient (Wildman–Crippen LogP) is 3.81. The van der Waals surface area contributed by atoms with E-state index in [0.29, 0.717) is 53.7 Å². The summed E-state index contributed by atoms with van der Waals surface area (Å²) in [5, 5.41) is 0. The van der Waals surface area contributed by atoms with Crippen LogP contribution in [0.1, 0.15) is 31.5 Å². The van der Waals surface area contributed by atoms with Crippen molar-refractivity contribution in [1.82, 2.24) is 39.0 Å². The molecule has 0 aliphatic carbocycles. The van der Waals surface area contributed by atoms with Crippen molar-refractivity contribution in [1.29, 1.82) is 0 Å². The lowest BCUT2D eigenvalue weighted by Crippen LogP contribution is -2.37. The number of anilines is 1. The molecule has 0 aromatic carbocycles. The van der Waals surface area contributed by atoms with Gasteiger partial charge in [-0.3, -0.25) is 14.5 Å². The summed E-state index contributed by atoms with van der Waals surface area (Å²) in [7, 11) is 0. The van der Waals surface area contributed by atoms with Crippen LogP contribution < -0.4 is 10.6 Å². The molecule has 37 heavy (non-hydrogen) atoms. The van der Waals surface area contributed by atoms with Crippen molar-refractivity contribution >= 4 is 28.1 Å². The highest BCUT2D eigenvalue weighted by molar-refractivity contribution is 5.87. The van der Waals surface area contributed by atoms with E-state index in [4.69, 9.17) is 4.98 Å². The lowest BCUT2D eigenvalue weighted by atomic mass is 10.0. The third kappa shape index (κ3) is 3.90. The molecule has 1 saturated heterocycles. The van der Waals surface area contributed by atoms with Gasteiger partial charge >= 0.3 is 11.9 Å². The van der Waals surface area contributed by atoms with E-state index in [1.807, 2.05) is 23.6 Å². The lowest BCUT2D eigenvalue weighted by molar-refractivity contribution is -0.141. The lowest BCUT2D eigenvalue weighted by Gasteiger charge is -2.33. The predicted molar refractivity (Wildman–Crippen MR) is 130 cm³/mol. The summed E-state index contributed by atoms with van der Waals surface area (Å²) < 4.78 is 42.6. The van der Waals surface area contributed by atoms with Gasteiger partial charge in [0, 0.05) is 43.6 Å². The summed E-state index contributed by atoms with van der Waals surface area (Å²) in [6.07, 6.45) is 1.23. The molecule has 0 unspecified atom stereocenters. The third-order valence-corrected chi connectivity index (χ3v) is 6.76. The fraction of sp³-hybridized carbons (Fsp3) is 0.333. The first-order valence-corrected chi connectivity index (χ1v) is 11.9. The van der Waals surface area contributed by atoms with Gasteiger partial charge in [0.2, 0.25) is 0 Å². The highest BCUT2D eigenvalue weighted by Gasteiger charge is 2.32. The number of halogens is 3. The van der Waals surface area contributed by atoms with Crippen molar-refractivity contribution < 1.29 is 13.2 Å². The molecule has 10 nitrogen and oxygen atoms in total. The molecule has 5 aromatic rings. The number of aromatic amines is 1. The fourth-order valence-electron chi connectivity index (χ4n) is 5.03. The normalized spacial score (nSPS) is 15.2. The number of H-pyrrole nitrogens is 1. The van der Waals surface area contributed by atoms with Crippen molar-refractivity contribution in [3.8, 4) is 11.4 Å². The summed E-state index contributed by atoms with van der Waals surface area (Å²) in [4.78, 5) is 39.0. The number of aromatic nitrogens is 8. The maximum absolute atomic E-state index is 13.0. The molecule has 0 atom stereocenters. The van der Waals surface area contributed by atoms with E-state index in [1.54, 1.807) is 10.8 Å². The number of nitrogens with zero attached hydrogens (tertiary/aromatic N) is 8. The third-order valence-electron chi connectivity index (χ3n) is 6.76. The van der Waals surface area contributed by atoms with E-state index in [-0.39, 0.29) is 11.7 Å². The fourth-order valence-corrected chi connectivity index (χ4v) is 5.03. The SMILES string of the molecule is CCn1c(-c2ccc(C(F)(F)F)nc2)nc2c(N3CCC(n4c(=O)[nH]c5ncccc54)CC3)ncnc21. The van der Waals surface area contributed by atoms with Crippen molar-refractivity contribution in [2.24, 2.45) is 0 Å². The first-order valence-electron chi connectivity index (χ1n) is 11.9. The number of piperidine rings is 1. The molecule has 0 bridgehead atoms. The molecule has 5 aromatic heterocycles. The maximum Gasteiger partial charge on any atom is 0.433 e. The van der Waals surface area contributed by atoms with Crippen LogP contribution in [0, 0.1) is 0 Å². The summed E-state index contributed by atoms with van der Waals surface area (Å²) in [6, 6.07) is 6.03. The van der Waals surface area contributed by atoms with Crippen LogP contribution in [0.4, 0.5) is 19.0 Å².